The summed E-state index contributed by atoms with van der Waals surface area (Å²) in [6.07, 6.45) is -2.66. The molecule has 0 atom stereocenters. The van der Waals surface area contributed by atoms with Gasteiger partial charge in [0.15, 0.2) is 0 Å². The van der Waals surface area contributed by atoms with Crippen LogP contribution in [0.25, 0.3) is 0 Å². The highest BCUT2D eigenvalue weighted by molar-refractivity contribution is 5.43. The van der Waals surface area contributed by atoms with Crippen molar-refractivity contribution in [3.05, 3.63) is 29.3 Å². The first-order valence-electron chi connectivity index (χ1n) is 4.56. The van der Waals surface area contributed by atoms with Crippen LogP contribution in [0.4, 0.5) is 8.78 Å². The maximum absolute atomic E-state index is 12.8. The number of aliphatic hydroxyl groups is 1. The molecule has 1 N–H and O–H groups in total. The molecule has 0 unspecified atom stereocenters. The predicted molar refractivity (Wildman–Crippen MR) is 53.2 cm³/mol. The second kappa shape index (κ2) is 4.14. The average molecular weight is 216 g/mol. The lowest BCUT2D eigenvalue weighted by Crippen LogP contribution is -2.18. The minimum absolute atomic E-state index is 0.102. The molecule has 0 amide bonds. The van der Waals surface area contributed by atoms with Crippen LogP contribution in [0.5, 0.6) is 5.75 Å². The largest absolute Gasteiger partial charge is 0.496 e. The van der Waals surface area contributed by atoms with Gasteiger partial charge < -0.3 is 9.84 Å². The summed E-state index contributed by atoms with van der Waals surface area (Å²) in [5.74, 6) is 0.102. The minimum atomic E-state index is -2.66. The molecule has 1 aromatic rings. The van der Waals surface area contributed by atoms with Gasteiger partial charge in [-0.3, -0.25) is 0 Å². The molecule has 0 aliphatic carbocycles. The zero-order valence-corrected chi connectivity index (χ0v) is 8.92. The van der Waals surface area contributed by atoms with Gasteiger partial charge in [-0.05, 0) is 25.5 Å². The first kappa shape index (κ1) is 11.9. The van der Waals surface area contributed by atoms with Gasteiger partial charge in [0.2, 0.25) is 0 Å². The molecule has 1 rings (SSSR count). The fourth-order valence-corrected chi connectivity index (χ4v) is 1.48. The van der Waals surface area contributed by atoms with Crippen molar-refractivity contribution in [3.8, 4) is 5.75 Å². The van der Waals surface area contributed by atoms with Gasteiger partial charge >= 0.3 is 0 Å². The molecule has 0 aliphatic rings. The Morgan fingerprint density at radius 1 is 1.33 bits per heavy atom. The summed E-state index contributed by atoms with van der Waals surface area (Å²) in [6.45, 7) is 2.93. The number of halogens is 2. The van der Waals surface area contributed by atoms with Crippen molar-refractivity contribution < 1.29 is 18.6 Å². The van der Waals surface area contributed by atoms with Crippen molar-refractivity contribution in [3.63, 3.8) is 0 Å². The van der Waals surface area contributed by atoms with Crippen LogP contribution in [-0.2, 0) is 5.60 Å². The van der Waals surface area contributed by atoms with Crippen LogP contribution in [0.2, 0.25) is 0 Å². The fourth-order valence-electron chi connectivity index (χ4n) is 1.48. The summed E-state index contributed by atoms with van der Waals surface area (Å²) in [6, 6.07) is 4.51. The monoisotopic (exact) mass is 216 g/mol. The predicted octanol–water partition coefficient (Wildman–Crippen LogP) is 2.86. The molecule has 0 heterocycles. The average Bonchev–Trinajstić information content (AvgIpc) is 2.15. The number of benzene rings is 1. The molecular formula is C11H14F2O2. The zero-order valence-electron chi connectivity index (χ0n) is 8.92. The first-order valence-corrected chi connectivity index (χ1v) is 4.56. The Hall–Kier alpha value is -1.16. The van der Waals surface area contributed by atoms with Gasteiger partial charge in [-0.2, -0.15) is 0 Å². The van der Waals surface area contributed by atoms with E-state index in [1.165, 1.54) is 33.1 Å². The Balaban J connectivity index is 3.39. The van der Waals surface area contributed by atoms with Crippen LogP contribution in [0.15, 0.2) is 18.2 Å². The van der Waals surface area contributed by atoms with Crippen LogP contribution in [-0.4, -0.2) is 12.2 Å². The summed E-state index contributed by atoms with van der Waals surface area (Å²) < 4.78 is 30.5. The topological polar surface area (TPSA) is 29.5 Å². The molecule has 15 heavy (non-hydrogen) atoms. The van der Waals surface area contributed by atoms with E-state index in [0.717, 1.165) is 0 Å². The third-order valence-corrected chi connectivity index (χ3v) is 2.16. The standard InChI is InChI=1S/C11H14F2O2/c1-11(2,14)7-5-4-6-8(15-3)9(7)10(12)13/h4-6,10,14H,1-3H3. The molecule has 0 aromatic heterocycles. The summed E-state index contributed by atoms with van der Waals surface area (Å²) in [5, 5.41) is 9.75. The molecular weight excluding hydrogens is 202 g/mol. The smallest absolute Gasteiger partial charge is 0.267 e. The summed E-state index contributed by atoms with van der Waals surface area (Å²) >= 11 is 0. The lowest BCUT2D eigenvalue weighted by molar-refractivity contribution is 0.0691. The number of rotatable bonds is 3. The minimum Gasteiger partial charge on any atom is -0.496 e. The number of hydrogen-bond donors (Lipinski definition) is 1. The SMILES string of the molecule is COc1cccc(C(C)(C)O)c1C(F)F. The van der Waals surface area contributed by atoms with Crippen LogP contribution >= 0.6 is 0 Å². The van der Waals surface area contributed by atoms with E-state index in [1.807, 2.05) is 0 Å². The summed E-state index contributed by atoms with van der Waals surface area (Å²) in [7, 11) is 1.33. The lowest BCUT2D eigenvalue weighted by Gasteiger charge is -2.22. The van der Waals surface area contributed by atoms with Gasteiger partial charge in [-0.15, -0.1) is 0 Å². The molecule has 84 valence electrons. The highest BCUT2D eigenvalue weighted by Gasteiger charge is 2.27. The van der Waals surface area contributed by atoms with E-state index in [1.54, 1.807) is 6.07 Å². The molecule has 0 fully saturated rings. The quantitative estimate of drug-likeness (QED) is 0.841. The highest BCUT2D eigenvalue weighted by Crippen LogP contribution is 2.36. The van der Waals surface area contributed by atoms with E-state index in [2.05, 4.69) is 0 Å². The van der Waals surface area contributed by atoms with Crippen LogP contribution < -0.4 is 4.74 Å². The molecule has 0 bridgehead atoms. The Kier molecular flexibility index (Phi) is 3.29. The number of ether oxygens (including phenoxy) is 1. The van der Waals surface area contributed by atoms with Crippen molar-refractivity contribution in [1.29, 1.82) is 0 Å². The van der Waals surface area contributed by atoms with Crippen molar-refractivity contribution >= 4 is 0 Å². The zero-order chi connectivity index (χ0) is 11.6. The third-order valence-electron chi connectivity index (χ3n) is 2.16. The van der Waals surface area contributed by atoms with Gasteiger partial charge in [0, 0.05) is 0 Å². The van der Waals surface area contributed by atoms with Gasteiger partial charge in [-0.25, -0.2) is 8.78 Å². The lowest BCUT2D eigenvalue weighted by atomic mass is 9.93. The third kappa shape index (κ3) is 2.45. The van der Waals surface area contributed by atoms with Crippen molar-refractivity contribution in [2.75, 3.05) is 7.11 Å². The Labute approximate surface area is 87.5 Å². The number of alkyl halides is 2. The van der Waals surface area contributed by atoms with E-state index >= 15 is 0 Å². The maximum Gasteiger partial charge on any atom is 0.267 e. The van der Waals surface area contributed by atoms with E-state index < -0.39 is 12.0 Å². The number of hydrogen-bond acceptors (Lipinski definition) is 2. The molecule has 0 aliphatic heterocycles. The van der Waals surface area contributed by atoms with Crippen molar-refractivity contribution in [2.24, 2.45) is 0 Å². The van der Waals surface area contributed by atoms with Crippen LogP contribution in [0.3, 0.4) is 0 Å². The van der Waals surface area contributed by atoms with Gasteiger partial charge in [0.1, 0.15) is 5.75 Å². The Morgan fingerprint density at radius 3 is 2.33 bits per heavy atom. The summed E-state index contributed by atoms with van der Waals surface area (Å²) in [4.78, 5) is 0. The Morgan fingerprint density at radius 2 is 1.93 bits per heavy atom. The fraction of sp³-hybridized carbons (Fsp3) is 0.455. The second-order valence-electron chi connectivity index (χ2n) is 3.78. The van der Waals surface area contributed by atoms with E-state index in [-0.39, 0.29) is 16.9 Å². The van der Waals surface area contributed by atoms with E-state index in [9.17, 15) is 13.9 Å². The molecule has 0 saturated carbocycles. The van der Waals surface area contributed by atoms with Crippen molar-refractivity contribution in [1.82, 2.24) is 0 Å². The molecule has 4 heteroatoms. The molecule has 1 aromatic carbocycles. The van der Waals surface area contributed by atoms with Crippen molar-refractivity contribution in [2.45, 2.75) is 25.9 Å². The molecule has 0 radical (unpaired) electrons. The van der Waals surface area contributed by atoms with Crippen LogP contribution in [0.1, 0.15) is 31.4 Å². The second-order valence-corrected chi connectivity index (χ2v) is 3.78. The van der Waals surface area contributed by atoms with Crippen LogP contribution in [0, 0.1) is 0 Å². The maximum atomic E-state index is 12.8. The molecule has 0 spiro atoms. The normalized spacial score (nSPS) is 11.9. The number of methoxy groups -OCH3 is 1. The van der Waals surface area contributed by atoms with Gasteiger partial charge in [0.25, 0.3) is 6.43 Å². The molecule has 0 saturated heterocycles. The van der Waals surface area contributed by atoms with Gasteiger partial charge in [0.05, 0.1) is 18.3 Å². The summed E-state index contributed by atoms with van der Waals surface area (Å²) in [5.41, 5.74) is -1.36. The Bertz CT molecular complexity index is 343. The van der Waals surface area contributed by atoms with Gasteiger partial charge in [-0.1, -0.05) is 12.1 Å². The molecule has 2 nitrogen and oxygen atoms in total. The first-order chi connectivity index (χ1) is 6.88. The van der Waals surface area contributed by atoms with E-state index in [4.69, 9.17) is 4.74 Å². The van der Waals surface area contributed by atoms with E-state index in [0.29, 0.717) is 0 Å². The highest BCUT2D eigenvalue weighted by atomic mass is 19.3.